The normalized spacial score (nSPS) is 23.7. The van der Waals surface area contributed by atoms with Gasteiger partial charge in [0.1, 0.15) is 0 Å². The third-order valence-corrected chi connectivity index (χ3v) is 3.52. The minimum Gasteiger partial charge on any atom is -0.370 e. The van der Waals surface area contributed by atoms with Gasteiger partial charge in [-0.25, -0.2) is 4.99 Å². The Bertz CT molecular complexity index is 476. The zero-order chi connectivity index (χ0) is 13.8. The third kappa shape index (κ3) is 3.47. The van der Waals surface area contributed by atoms with Gasteiger partial charge in [-0.2, -0.15) is 4.99 Å². The topological polar surface area (TPSA) is 103 Å². The fourth-order valence-corrected chi connectivity index (χ4v) is 2.54. The van der Waals surface area contributed by atoms with Crippen LogP contribution in [0.25, 0.3) is 0 Å². The molecule has 0 amide bonds. The Balaban J connectivity index is 2.04. The van der Waals surface area contributed by atoms with Gasteiger partial charge in [0.2, 0.25) is 5.96 Å². The van der Waals surface area contributed by atoms with E-state index in [2.05, 4.69) is 41.2 Å². The molecule has 1 aromatic rings. The molecule has 1 aromatic carbocycles. The average molecular weight is 259 g/mol. The molecule has 1 aliphatic carbocycles. The summed E-state index contributed by atoms with van der Waals surface area (Å²) in [5, 5.41) is 0. The standard InChI is InChI=1S/C14H21N5/c1-2-12(18-14(17)19-13(15)16)11-8-10(11)9-6-4-3-5-7-9/h3-7,10-12H,2,8H2,1H3,(H6,15,16,17,18,19)/t10-,11+,12?/m0/s1. The van der Waals surface area contributed by atoms with Crippen molar-refractivity contribution in [2.45, 2.75) is 31.7 Å². The minimum absolute atomic E-state index is 0.0495. The molecule has 1 aliphatic rings. The lowest BCUT2D eigenvalue weighted by Gasteiger charge is -2.10. The van der Waals surface area contributed by atoms with Crippen molar-refractivity contribution in [3.05, 3.63) is 35.9 Å². The zero-order valence-corrected chi connectivity index (χ0v) is 11.2. The molecule has 1 saturated carbocycles. The molecule has 0 heterocycles. The molecule has 1 unspecified atom stereocenters. The van der Waals surface area contributed by atoms with Gasteiger partial charge in [0.25, 0.3) is 0 Å². The maximum Gasteiger partial charge on any atom is 0.218 e. The first-order valence-electron chi connectivity index (χ1n) is 6.59. The molecular formula is C14H21N5. The monoisotopic (exact) mass is 259 g/mol. The number of aliphatic imine (C=N–C) groups is 2. The summed E-state index contributed by atoms with van der Waals surface area (Å²) in [6.07, 6.45) is 2.09. The molecule has 6 N–H and O–H groups in total. The first-order valence-corrected chi connectivity index (χ1v) is 6.59. The molecular weight excluding hydrogens is 238 g/mol. The van der Waals surface area contributed by atoms with Crippen LogP contribution in [0.5, 0.6) is 0 Å². The summed E-state index contributed by atoms with van der Waals surface area (Å²) in [7, 11) is 0. The molecule has 0 saturated heterocycles. The number of rotatable bonds is 4. The second kappa shape index (κ2) is 5.73. The van der Waals surface area contributed by atoms with Crippen LogP contribution in [0, 0.1) is 5.92 Å². The van der Waals surface area contributed by atoms with Crippen molar-refractivity contribution < 1.29 is 0 Å². The summed E-state index contributed by atoms with van der Waals surface area (Å²) >= 11 is 0. The summed E-state index contributed by atoms with van der Waals surface area (Å²) < 4.78 is 0. The fourth-order valence-electron chi connectivity index (χ4n) is 2.54. The van der Waals surface area contributed by atoms with Crippen LogP contribution in [0.3, 0.4) is 0 Å². The molecule has 102 valence electrons. The quantitative estimate of drug-likeness (QED) is 0.558. The van der Waals surface area contributed by atoms with Crippen molar-refractivity contribution in [1.82, 2.24) is 0 Å². The number of guanidine groups is 2. The summed E-state index contributed by atoms with van der Waals surface area (Å²) in [6, 6.07) is 10.7. The van der Waals surface area contributed by atoms with Crippen LogP contribution in [0.15, 0.2) is 40.3 Å². The third-order valence-electron chi connectivity index (χ3n) is 3.52. The van der Waals surface area contributed by atoms with Crippen molar-refractivity contribution in [1.29, 1.82) is 0 Å². The largest absolute Gasteiger partial charge is 0.370 e. The SMILES string of the molecule is CCC(N=C(N)N=C(N)N)[C@@H]1C[C@H]1c1ccccc1. The Hall–Kier alpha value is -2.04. The Morgan fingerprint density at radius 3 is 2.53 bits per heavy atom. The lowest BCUT2D eigenvalue weighted by atomic mass is 10.0. The zero-order valence-electron chi connectivity index (χ0n) is 11.2. The first-order chi connectivity index (χ1) is 9.11. The van der Waals surface area contributed by atoms with Gasteiger partial charge in [-0.1, -0.05) is 37.3 Å². The van der Waals surface area contributed by atoms with E-state index in [1.165, 1.54) is 5.56 Å². The summed E-state index contributed by atoms with van der Waals surface area (Å²) in [4.78, 5) is 8.19. The van der Waals surface area contributed by atoms with E-state index in [9.17, 15) is 0 Å². The van der Waals surface area contributed by atoms with Crippen LogP contribution >= 0.6 is 0 Å². The number of nitrogens with zero attached hydrogens (tertiary/aromatic N) is 2. The van der Waals surface area contributed by atoms with Crippen molar-refractivity contribution in [2.75, 3.05) is 0 Å². The number of hydrogen-bond donors (Lipinski definition) is 3. The molecule has 1 fully saturated rings. The summed E-state index contributed by atoms with van der Waals surface area (Å²) in [5.74, 6) is 1.25. The lowest BCUT2D eigenvalue weighted by molar-refractivity contribution is 0.565. The van der Waals surface area contributed by atoms with Crippen LogP contribution in [-0.2, 0) is 0 Å². The highest BCUT2D eigenvalue weighted by Gasteiger charge is 2.43. The van der Waals surface area contributed by atoms with Gasteiger partial charge in [0.05, 0.1) is 6.04 Å². The molecule has 19 heavy (non-hydrogen) atoms. The molecule has 2 rings (SSSR count). The Kier molecular flexibility index (Phi) is 4.04. The van der Waals surface area contributed by atoms with Crippen LogP contribution in [0.2, 0.25) is 0 Å². The molecule has 5 nitrogen and oxygen atoms in total. The number of benzene rings is 1. The highest BCUT2D eigenvalue weighted by molar-refractivity contribution is 5.92. The summed E-state index contributed by atoms with van der Waals surface area (Å²) in [6.45, 7) is 2.11. The van der Waals surface area contributed by atoms with Gasteiger partial charge in [0, 0.05) is 0 Å². The smallest absolute Gasteiger partial charge is 0.218 e. The van der Waals surface area contributed by atoms with E-state index in [4.69, 9.17) is 17.2 Å². The van der Waals surface area contributed by atoms with E-state index in [1.54, 1.807) is 0 Å². The summed E-state index contributed by atoms with van der Waals surface area (Å²) in [5.41, 5.74) is 17.7. The van der Waals surface area contributed by atoms with Gasteiger partial charge < -0.3 is 17.2 Å². The van der Waals surface area contributed by atoms with Gasteiger partial charge >= 0.3 is 0 Å². The molecule has 0 radical (unpaired) electrons. The molecule has 3 atom stereocenters. The van der Waals surface area contributed by atoms with Crippen LogP contribution in [-0.4, -0.2) is 18.0 Å². The predicted octanol–water partition coefficient (Wildman–Crippen LogP) is 1.16. The molecule has 5 heteroatoms. The molecule has 0 aromatic heterocycles. The first kappa shape index (κ1) is 13.4. The number of nitrogens with two attached hydrogens (primary N) is 3. The lowest BCUT2D eigenvalue weighted by Crippen LogP contribution is -2.27. The van der Waals surface area contributed by atoms with Crippen LogP contribution in [0.1, 0.15) is 31.2 Å². The Morgan fingerprint density at radius 1 is 1.26 bits per heavy atom. The van der Waals surface area contributed by atoms with Crippen molar-refractivity contribution in [2.24, 2.45) is 33.1 Å². The highest BCUT2D eigenvalue weighted by atomic mass is 15.1. The molecule has 0 bridgehead atoms. The maximum atomic E-state index is 5.70. The van der Waals surface area contributed by atoms with E-state index in [0.717, 1.165) is 12.8 Å². The van der Waals surface area contributed by atoms with E-state index < -0.39 is 0 Å². The highest BCUT2D eigenvalue weighted by Crippen LogP contribution is 2.51. The van der Waals surface area contributed by atoms with E-state index in [-0.39, 0.29) is 18.0 Å². The predicted molar refractivity (Wildman–Crippen MR) is 78.8 cm³/mol. The van der Waals surface area contributed by atoms with E-state index >= 15 is 0 Å². The second-order valence-corrected chi connectivity index (χ2v) is 4.92. The molecule has 0 spiro atoms. The number of hydrogen-bond acceptors (Lipinski definition) is 1. The van der Waals surface area contributed by atoms with Gasteiger partial charge in [0.15, 0.2) is 5.96 Å². The Morgan fingerprint density at radius 2 is 1.95 bits per heavy atom. The van der Waals surface area contributed by atoms with E-state index in [0.29, 0.717) is 11.8 Å². The van der Waals surface area contributed by atoms with E-state index in [1.807, 2.05) is 6.07 Å². The van der Waals surface area contributed by atoms with Crippen LogP contribution in [0.4, 0.5) is 0 Å². The molecule has 0 aliphatic heterocycles. The fraction of sp³-hybridized carbons (Fsp3) is 0.429. The van der Waals surface area contributed by atoms with Gasteiger partial charge in [-0.05, 0) is 30.2 Å². The van der Waals surface area contributed by atoms with Crippen LogP contribution < -0.4 is 17.2 Å². The average Bonchev–Trinajstić information content (AvgIpc) is 3.16. The van der Waals surface area contributed by atoms with Gasteiger partial charge in [-0.3, -0.25) is 0 Å². The minimum atomic E-state index is -0.0495. The second-order valence-electron chi connectivity index (χ2n) is 4.92. The van der Waals surface area contributed by atoms with Crippen molar-refractivity contribution >= 4 is 11.9 Å². The Labute approximate surface area is 113 Å². The maximum absolute atomic E-state index is 5.70. The van der Waals surface area contributed by atoms with Crippen molar-refractivity contribution in [3.63, 3.8) is 0 Å². The van der Waals surface area contributed by atoms with Gasteiger partial charge in [-0.15, -0.1) is 0 Å². The van der Waals surface area contributed by atoms with Crippen molar-refractivity contribution in [3.8, 4) is 0 Å².